The summed E-state index contributed by atoms with van der Waals surface area (Å²) in [5.74, 6) is -0.929. The van der Waals surface area contributed by atoms with Gasteiger partial charge < -0.3 is 65.4 Å². The first kappa shape index (κ1) is 66.8. The second-order valence-corrected chi connectivity index (χ2v) is 21.1. The number of nitrogens with zero attached hydrogens (tertiary/aromatic N) is 8. The molecular formula is C57H101N11O6S2. The van der Waals surface area contributed by atoms with Crippen LogP contribution in [0.2, 0.25) is 0 Å². The second-order valence-electron chi connectivity index (χ2n) is 20.1. The fourth-order valence-corrected chi connectivity index (χ4v) is 9.58. The highest BCUT2D eigenvalue weighted by Crippen LogP contribution is 2.25. The fourth-order valence-electron chi connectivity index (χ4n) is 9.34. The van der Waals surface area contributed by atoms with Crippen LogP contribution >= 0.6 is 24.4 Å². The molecule has 2 saturated heterocycles. The maximum atomic E-state index is 12.9. The largest absolute Gasteiger partial charge is 0.491 e. The molecule has 432 valence electrons. The fraction of sp³-hybridized carbons (Fsp3) is 0.719. The summed E-state index contributed by atoms with van der Waals surface area (Å²) in [6.07, 6.45) is 0.192. The minimum absolute atomic E-state index is 0.0363. The Morgan fingerprint density at radius 1 is 0.500 bits per heavy atom. The normalized spacial score (nSPS) is 18.8. The van der Waals surface area contributed by atoms with E-state index in [1.807, 2.05) is 62.4 Å². The first-order chi connectivity index (χ1) is 36.6. The van der Waals surface area contributed by atoms with E-state index in [1.165, 1.54) is 0 Å². The van der Waals surface area contributed by atoms with Gasteiger partial charge in [0, 0.05) is 148 Å². The molecule has 2 aromatic carbocycles. The minimum Gasteiger partial charge on any atom is -0.491 e. The van der Waals surface area contributed by atoms with E-state index in [-0.39, 0.29) is 31.9 Å². The van der Waals surface area contributed by atoms with E-state index in [1.54, 1.807) is 0 Å². The van der Waals surface area contributed by atoms with Gasteiger partial charge in [0.1, 0.15) is 18.5 Å². The van der Waals surface area contributed by atoms with Gasteiger partial charge in [-0.05, 0) is 94.1 Å². The van der Waals surface area contributed by atoms with Gasteiger partial charge in [-0.1, -0.05) is 92.0 Å². The standard InChI is InChI=1S/C31H54N6O4S.C26H47N5O2S/c1-5-30(42)33-27-11-9-25(10-12-27)26(22-31(40)41)21-29(39)32-23-28(38)24-37-19-17-35(7-3)15-13-34(6-2)14-16-36(8-4)18-20-37;1-5-26(34)27-23-9-11-25(12-10-23)33-22-24(32)21-31-19-17-29(7-3)15-13-28(6-2)14-16-30(8-4)18-20-31/h9-12,26,28,38H,5-8,13-24H2,1-4H3,(H,32,39)(H,33,42)(H,40,41);9-12,24,32H,5-8,13-22H2,1-4H3,(H,27,34). The number of carboxylic acids is 1. The summed E-state index contributed by atoms with van der Waals surface area (Å²) >= 11 is 10.5. The second kappa shape index (κ2) is 39.0. The Morgan fingerprint density at radius 2 is 0.829 bits per heavy atom. The van der Waals surface area contributed by atoms with Gasteiger partial charge in [0.25, 0.3) is 0 Å². The zero-order valence-corrected chi connectivity index (χ0v) is 49.7. The molecule has 0 aliphatic carbocycles. The average molecular weight is 1100 g/mol. The molecule has 2 aromatic rings. The zero-order chi connectivity index (χ0) is 55.7. The Hall–Kier alpha value is -3.44. The highest BCUT2D eigenvalue weighted by atomic mass is 32.1. The summed E-state index contributed by atoms with van der Waals surface area (Å²) in [7, 11) is 0. The van der Waals surface area contributed by atoms with Gasteiger partial charge in [-0.3, -0.25) is 19.4 Å². The van der Waals surface area contributed by atoms with E-state index in [2.05, 4.69) is 96.7 Å². The van der Waals surface area contributed by atoms with E-state index in [0.29, 0.717) is 13.1 Å². The number of thiocarbonyl (C=S) groups is 2. The van der Waals surface area contributed by atoms with Crippen LogP contribution in [-0.2, 0) is 9.59 Å². The Morgan fingerprint density at radius 3 is 1.16 bits per heavy atom. The number of β-amino-alcohol motifs (C(OH)–C–C–N with tert-alkyl or cyclic N) is 2. The smallest absolute Gasteiger partial charge is 0.303 e. The maximum absolute atomic E-state index is 12.9. The molecule has 19 heteroatoms. The molecule has 17 nitrogen and oxygen atoms in total. The van der Waals surface area contributed by atoms with Crippen molar-refractivity contribution in [3.05, 3.63) is 54.1 Å². The highest BCUT2D eigenvalue weighted by Gasteiger charge is 2.23. The third kappa shape index (κ3) is 27.9. The number of hydrogen-bond acceptors (Lipinski definition) is 15. The number of likely N-dealkylation sites (N-methyl/N-ethyl adjacent to an activating group) is 6. The molecule has 6 N–H and O–H groups in total. The molecule has 0 aromatic heterocycles. The van der Waals surface area contributed by atoms with Crippen LogP contribution in [0.4, 0.5) is 11.4 Å². The van der Waals surface area contributed by atoms with Crippen molar-refractivity contribution in [2.75, 3.05) is 181 Å². The van der Waals surface area contributed by atoms with Crippen LogP contribution in [0.3, 0.4) is 0 Å². The number of aliphatic carboxylic acids is 1. The summed E-state index contributed by atoms with van der Waals surface area (Å²) in [5, 5.41) is 40.3. The van der Waals surface area contributed by atoms with E-state index in [9.17, 15) is 24.9 Å². The van der Waals surface area contributed by atoms with Gasteiger partial charge >= 0.3 is 5.97 Å². The lowest BCUT2D eigenvalue weighted by Crippen LogP contribution is -2.48. The molecule has 3 atom stereocenters. The Kier molecular flexibility index (Phi) is 34.3. The summed E-state index contributed by atoms with van der Waals surface area (Å²) in [4.78, 5) is 45.7. The number of carbonyl (C=O) groups excluding carboxylic acids is 1. The summed E-state index contributed by atoms with van der Waals surface area (Å²) in [6.45, 7) is 41.4. The molecule has 2 aliphatic heterocycles. The summed E-state index contributed by atoms with van der Waals surface area (Å²) < 4.78 is 5.88. The van der Waals surface area contributed by atoms with Gasteiger partial charge in [0.2, 0.25) is 5.91 Å². The molecule has 0 bridgehead atoms. The summed E-state index contributed by atoms with van der Waals surface area (Å²) in [6, 6.07) is 15.1. The van der Waals surface area contributed by atoms with Crippen molar-refractivity contribution in [1.82, 2.24) is 44.5 Å². The predicted octanol–water partition coefficient (Wildman–Crippen LogP) is 5.40. The zero-order valence-electron chi connectivity index (χ0n) is 48.0. The van der Waals surface area contributed by atoms with Gasteiger partial charge in [-0.15, -0.1) is 0 Å². The van der Waals surface area contributed by atoms with Gasteiger partial charge in [0.15, 0.2) is 0 Å². The van der Waals surface area contributed by atoms with Gasteiger partial charge in [0.05, 0.1) is 22.5 Å². The quantitative estimate of drug-likeness (QED) is 0.0740. The van der Waals surface area contributed by atoms with Crippen molar-refractivity contribution in [2.45, 2.75) is 99.2 Å². The number of aliphatic hydroxyl groups is 2. The molecule has 0 radical (unpaired) electrons. The third-order valence-electron chi connectivity index (χ3n) is 14.8. The number of carboxylic acid groups (broad SMARTS) is 1. The van der Waals surface area contributed by atoms with Gasteiger partial charge in [-0.2, -0.15) is 0 Å². The first-order valence-corrected chi connectivity index (χ1v) is 29.5. The van der Waals surface area contributed by atoms with Crippen molar-refractivity contribution >= 4 is 57.7 Å². The van der Waals surface area contributed by atoms with Crippen molar-refractivity contribution in [3.8, 4) is 5.75 Å². The molecule has 2 heterocycles. The molecule has 2 aliphatic rings. The van der Waals surface area contributed by atoms with Gasteiger partial charge in [-0.25, -0.2) is 0 Å². The number of ether oxygens (including phenoxy) is 1. The van der Waals surface area contributed by atoms with Crippen LogP contribution in [0.1, 0.15) is 92.6 Å². The lowest BCUT2D eigenvalue weighted by atomic mass is 9.92. The molecule has 76 heavy (non-hydrogen) atoms. The van der Waals surface area contributed by atoms with E-state index >= 15 is 0 Å². The number of carbonyl (C=O) groups is 2. The van der Waals surface area contributed by atoms with E-state index in [4.69, 9.17) is 29.2 Å². The lowest BCUT2D eigenvalue weighted by molar-refractivity contribution is -0.137. The van der Waals surface area contributed by atoms with Crippen molar-refractivity contribution < 1.29 is 29.6 Å². The highest BCUT2D eigenvalue weighted by molar-refractivity contribution is 7.80. The van der Waals surface area contributed by atoms with Crippen LogP contribution in [0, 0.1) is 0 Å². The average Bonchev–Trinajstić information content (AvgIpc) is 3.41. The van der Waals surface area contributed by atoms with E-state index < -0.39 is 24.1 Å². The van der Waals surface area contributed by atoms with Crippen LogP contribution < -0.4 is 20.7 Å². The Labute approximate surface area is 469 Å². The Bertz CT molecular complexity index is 1870. The number of aliphatic hydroxyl groups excluding tert-OH is 2. The van der Waals surface area contributed by atoms with Crippen LogP contribution in [0.15, 0.2) is 48.5 Å². The molecule has 4 rings (SSSR count). The van der Waals surface area contributed by atoms with Crippen molar-refractivity contribution in [2.24, 2.45) is 0 Å². The molecule has 0 saturated carbocycles. The SMILES string of the molecule is CCC(=S)Nc1ccc(C(CC(=O)O)CC(=O)NCC(O)CN2CCN(CC)CCN(CC)CCN(CC)CC2)cc1.CCC(=S)Nc1ccc(OCC(O)CN2CCN(CC)CCN(CC)CCN(CC)CC2)cc1. The van der Waals surface area contributed by atoms with Crippen LogP contribution in [0.5, 0.6) is 5.75 Å². The molecule has 1 amide bonds. The molecule has 3 unspecified atom stereocenters. The number of benzene rings is 2. The van der Waals surface area contributed by atoms with E-state index in [0.717, 1.165) is 189 Å². The number of nitrogens with one attached hydrogen (secondary N) is 3. The van der Waals surface area contributed by atoms with Crippen LogP contribution in [0.25, 0.3) is 0 Å². The van der Waals surface area contributed by atoms with Crippen LogP contribution in [-0.4, -0.2) is 259 Å². The van der Waals surface area contributed by atoms with Crippen molar-refractivity contribution in [3.63, 3.8) is 0 Å². The third-order valence-corrected chi connectivity index (χ3v) is 15.5. The number of anilines is 2. The molecule has 2 fully saturated rings. The number of rotatable bonds is 24. The lowest BCUT2D eigenvalue weighted by Gasteiger charge is -2.34. The minimum atomic E-state index is -0.956. The molecular weight excluding hydrogens is 999 g/mol. The van der Waals surface area contributed by atoms with Crippen molar-refractivity contribution in [1.29, 1.82) is 0 Å². The Balaban J connectivity index is 0.000000409. The monoisotopic (exact) mass is 1100 g/mol. The topological polar surface area (TPSA) is 166 Å². The summed E-state index contributed by atoms with van der Waals surface area (Å²) in [5.41, 5.74) is 2.58. The maximum Gasteiger partial charge on any atom is 0.303 e. The first-order valence-electron chi connectivity index (χ1n) is 28.7. The number of amides is 1. The molecule has 0 spiro atoms. The number of hydrogen-bond donors (Lipinski definition) is 6. The predicted molar refractivity (Wildman–Crippen MR) is 322 cm³/mol.